The van der Waals surface area contributed by atoms with E-state index in [9.17, 15) is 0 Å². The Morgan fingerprint density at radius 2 is 1.84 bits per heavy atom. The van der Waals surface area contributed by atoms with Crippen molar-refractivity contribution in [2.24, 2.45) is 0 Å². The number of aryl methyl sites for hydroxylation is 1. The van der Waals surface area contributed by atoms with Crippen LogP contribution in [-0.4, -0.2) is 16.0 Å². The van der Waals surface area contributed by atoms with Crippen molar-refractivity contribution in [2.75, 3.05) is 10.6 Å². The molecule has 100 valence electrons. The van der Waals surface area contributed by atoms with E-state index in [4.69, 9.17) is 0 Å². The minimum Gasteiger partial charge on any atom is -0.368 e. The van der Waals surface area contributed by atoms with Gasteiger partial charge in [-0.25, -0.2) is 9.97 Å². The summed E-state index contributed by atoms with van der Waals surface area (Å²) in [6.45, 7) is 6.21. The van der Waals surface area contributed by atoms with Crippen LogP contribution in [0.25, 0.3) is 0 Å². The molecule has 0 amide bonds. The average molecular weight is 321 g/mol. The maximum Gasteiger partial charge on any atom is 0.135 e. The first kappa shape index (κ1) is 13.8. The van der Waals surface area contributed by atoms with E-state index in [1.807, 2.05) is 12.1 Å². The van der Waals surface area contributed by atoms with Crippen LogP contribution in [0.2, 0.25) is 0 Å². The third-order valence-corrected chi connectivity index (χ3v) is 3.15. The van der Waals surface area contributed by atoms with Gasteiger partial charge in [0, 0.05) is 16.6 Å². The molecule has 1 heterocycles. The second kappa shape index (κ2) is 6.02. The number of rotatable bonds is 4. The molecule has 2 aromatic rings. The third kappa shape index (κ3) is 3.92. The molecular formula is C14H17BrN4. The Balaban J connectivity index is 2.18. The quantitative estimate of drug-likeness (QED) is 0.890. The van der Waals surface area contributed by atoms with E-state index in [0.717, 1.165) is 21.8 Å². The maximum atomic E-state index is 4.22. The van der Waals surface area contributed by atoms with Gasteiger partial charge in [-0.05, 0) is 54.4 Å². The Bertz CT molecular complexity index is 569. The summed E-state index contributed by atoms with van der Waals surface area (Å²) in [7, 11) is 0. The number of aromatic nitrogens is 2. The van der Waals surface area contributed by atoms with E-state index >= 15 is 0 Å². The molecule has 0 atom stereocenters. The van der Waals surface area contributed by atoms with Gasteiger partial charge in [0.25, 0.3) is 0 Å². The molecule has 0 fully saturated rings. The fraction of sp³-hybridized carbons (Fsp3) is 0.286. The maximum absolute atomic E-state index is 4.22. The van der Waals surface area contributed by atoms with Gasteiger partial charge in [0.1, 0.15) is 18.0 Å². The molecule has 0 radical (unpaired) electrons. The van der Waals surface area contributed by atoms with Gasteiger partial charge in [0.2, 0.25) is 0 Å². The van der Waals surface area contributed by atoms with Crippen molar-refractivity contribution in [2.45, 2.75) is 26.8 Å². The summed E-state index contributed by atoms with van der Waals surface area (Å²) in [5, 5.41) is 6.53. The van der Waals surface area contributed by atoms with Crippen molar-refractivity contribution < 1.29 is 0 Å². The van der Waals surface area contributed by atoms with Crippen molar-refractivity contribution in [3.05, 3.63) is 40.6 Å². The number of hydrogen-bond donors (Lipinski definition) is 2. The number of hydrogen-bond acceptors (Lipinski definition) is 4. The van der Waals surface area contributed by atoms with Crippen LogP contribution >= 0.6 is 15.9 Å². The molecule has 0 unspecified atom stereocenters. The minimum atomic E-state index is 0.342. The Kier molecular flexibility index (Phi) is 4.37. The molecule has 2 rings (SSSR count). The van der Waals surface area contributed by atoms with Crippen LogP contribution in [0.4, 0.5) is 17.3 Å². The predicted octanol–water partition coefficient (Wildman–Crippen LogP) is 4.11. The van der Waals surface area contributed by atoms with Crippen LogP contribution in [0.5, 0.6) is 0 Å². The molecule has 2 N–H and O–H groups in total. The summed E-state index contributed by atoms with van der Waals surface area (Å²) in [6, 6.07) is 8.38. The van der Waals surface area contributed by atoms with Crippen molar-refractivity contribution in [3.63, 3.8) is 0 Å². The van der Waals surface area contributed by atoms with Gasteiger partial charge in [0.15, 0.2) is 0 Å². The highest BCUT2D eigenvalue weighted by atomic mass is 79.9. The van der Waals surface area contributed by atoms with E-state index in [1.165, 1.54) is 5.56 Å². The molecule has 0 bridgehead atoms. The lowest BCUT2D eigenvalue weighted by Crippen LogP contribution is -2.11. The van der Waals surface area contributed by atoms with E-state index in [1.54, 1.807) is 6.33 Å². The highest BCUT2D eigenvalue weighted by Gasteiger charge is 2.03. The molecule has 1 aromatic heterocycles. The summed E-state index contributed by atoms with van der Waals surface area (Å²) >= 11 is 3.54. The predicted molar refractivity (Wildman–Crippen MR) is 83.0 cm³/mol. The Labute approximate surface area is 121 Å². The first-order chi connectivity index (χ1) is 9.04. The zero-order chi connectivity index (χ0) is 13.8. The smallest absolute Gasteiger partial charge is 0.135 e. The highest BCUT2D eigenvalue weighted by molar-refractivity contribution is 9.10. The van der Waals surface area contributed by atoms with Gasteiger partial charge >= 0.3 is 0 Å². The largest absolute Gasteiger partial charge is 0.368 e. The van der Waals surface area contributed by atoms with Crippen molar-refractivity contribution in [1.29, 1.82) is 0 Å². The van der Waals surface area contributed by atoms with Gasteiger partial charge in [-0.3, -0.25) is 0 Å². The van der Waals surface area contributed by atoms with Crippen LogP contribution in [0.15, 0.2) is 35.1 Å². The van der Waals surface area contributed by atoms with Crippen molar-refractivity contribution in [1.82, 2.24) is 9.97 Å². The summed E-state index contributed by atoms with van der Waals surface area (Å²) in [5.41, 5.74) is 2.20. The molecule has 19 heavy (non-hydrogen) atoms. The second-order valence-electron chi connectivity index (χ2n) is 4.70. The molecule has 0 saturated heterocycles. The lowest BCUT2D eigenvalue weighted by molar-refractivity contribution is 0.886. The number of nitrogens with zero attached hydrogens (tertiary/aromatic N) is 2. The average Bonchev–Trinajstić information content (AvgIpc) is 2.32. The normalized spacial score (nSPS) is 10.6. The first-order valence-corrected chi connectivity index (χ1v) is 6.95. The lowest BCUT2D eigenvalue weighted by Gasteiger charge is -2.11. The SMILES string of the molecule is Cc1ccc(Nc2cc(NC(C)C)ncn2)c(Br)c1. The van der Waals surface area contributed by atoms with Gasteiger partial charge in [-0.2, -0.15) is 0 Å². The zero-order valence-corrected chi connectivity index (χ0v) is 12.8. The van der Waals surface area contributed by atoms with E-state index in [-0.39, 0.29) is 0 Å². The van der Waals surface area contributed by atoms with Crippen molar-refractivity contribution in [3.8, 4) is 0 Å². The minimum absolute atomic E-state index is 0.342. The lowest BCUT2D eigenvalue weighted by atomic mass is 10.2. The highest BCUT2D eigenvalue weighted by Crippen LogP contribution is 2.26. The fourth-order valence-corrected chi connectivity index (χ4v) is 2.25. The van der Waals surface area contributed by atoms with Crippen LogP contribution in [0.1, 0.15) is 19.4 Å². The molecule has 0 saturated carbocycles. The number of benzene rings is 1. The number of halogens is 1. The summed E-state index contributed by atoms with van der Waals surface area (Å²) in [4.78, 5) is 8.41. The van der Waals surface area contributed by atoms with E-state index in [0.29, 0.717) is 6.04 Å². The van der Waals surface area contributed by atoms with Crippen LogP contribution in [0, 0.1) is 6.92 Å². The summed E-state index contributed by atoms with van der Waals surface area (Å²) in [5.74, 6) is 1.58. The monoisotopic (exact) mass is 320 g/mol. The third-order valence-electron chi connectivity index (χ3n) is 2.49. The molecule has 5 heteroatoms. The molecular weight excluding hydrogens is 304 g/mol. The topological polar surface area (TPSA) is 49.8 Å². The molecule has 0 spiro atoms. The van der Waals surface area contributed by atoms with Crippen LogP contribution in [-0.2, 0) is 0 Å². The summed E-state index contributed by atoms with van der Waals surface area (Å²) < 4.78 is 1.02. The molecule has 0 aliphatic heterocycles. The Morgan fingerprint density at radius 3 is 2.53 bits per heavy atom. The molecule has 0 aliphatic carbocycles. The first-order valence-electron chi connectivity index (χ1n) is 6.16. The summed E-state index contributed by atoms with van der Waals surface area (Å²) in [6.07, 6.45) is 1.55. The Morgan fingerprint density at radius 1 is 1.11 bits per heavy atom. The van der Waals surface area contributed by atoms with E-state index < -0.39 is 0 Å². The molecule has 1 aromatic carbocycles. The van der Waals surface area contributed by atoms with Gasteiger partial charge < -0.3 is 10.6 Å². The van der Waals surface area contributed by atoms with Gasteiger partial charge in [-0.15, -0.1) is 0 Å². The van der Waals surface area contributed by atoms with Gasteiger partial charge in [0.05, 0.1) is 5.69 Å². The van der Waals surface area contributed by atoms with E-state index in [2.05, 4.69) is 69.4 Å². The van der Waals surface area contributed by atoms with Crippen LogP contribution in [0.3, 0.4) is 0 Å². The standard InChI is InChI=1S/C14H17BrN4/c1-9(2)18-13-7-14(17-8-16-13)19-12-5-4-10(3)6-11(12)15/h4-9H,1-3H3,(H2,16,17,18,19). The zero-order valence-electron chi connectivity index (χ0n) is 11.2. The number of anilines is 3. The van der Waals surface area contributed by atoms with Gasteiger partial charge in [-0.1, -0.05) is 6.07 Å². The molecule has 4 nitrogen and oxygen atoms in total. The van der Waals surface area contributed by atoms with Crippen molar-refractivity contribution >= 4 is 33.3 Å². The Hall–Kier alpha value is -1.62. The number of nitrogens with one attached hydrogen (secondary N) is 2. The molecule has 0 aliphatic rings. The second-order valence-corrected chi connectivity index (χ2v) is 5.55. The van der Waals surface area contributed by atoms with Crippen LogP contribution < -0.4 is 10.6 Å². The fourth-order valence-electron chi connectivity index (χ4n) is 1.66.